The van der Waals surface area contributed by atoms with Crippen LogP contribution in [0.4, 0.5) is 4.79 Å². The minimum Gasteiger partial charge on any atom is -0.477 e. The van der Waals surface area contributed by atoms with Crippen molar-refractivity contribution >= 4 is 41.1 Å². The van der Waals surface area contributed by atoms with Crippen LogP contribution in [0.2, 0.25) is 0 Å². The van der Waals surface area contributed by atoms with E-state index in [-0.39, 0.29) is 41.5 Å². The number of aliphatic hydroxyl groups is 1. The molecule has 4 rings (SSSR count). The van der Waals surface area contributed by atoms with Gasteiger partial charge < -0.3 is 30.9 Å². The monoisotopic (exact) mass is 468 g/mol. The molecule has 1 aromatic rings. The van der Waals surface area contributed by atoms with Crippen LogP contribution in [0.15, 0.2) is 16.0 Å². The van der Waals surface area contributed by atoms with Crippen molar-refractivity contribution in [2.75, 3.05) is 6.54 Å². The largest absolute Gasteiger partial charge is 0.477 e. The molecule has 6 atom stereocenters. The van der Waals surface area contributed by atoms with Crippen LogP contribution in [0.5, 0.6) is 0 Å². The topological polar surface area (TPSA) is 155 Å². The number of aliphatic hydroxyl groups excluding tert-OH is 1. The van der Waals surface area contributed by atoms with Crippen LogP contribution >= 0.6 is 23.1 Å². The van der Waals surface area contributed by atoms with E-state index in [1.807, 2.05) is 12.3 Å². The minimum absolute atomic E-state index is 0.00513. The Hall–Kier alpha value is -2.15. The van der Waals surface area contributed by atoms with Crippen molar-refractivity contribution < 1.29 is 29.3 Å². The third-order valence-electron chi connectivity index (χ3n) is 5.96. The molecule has 1 aromatic heterocycles. The highest BCUT2D eigenvalue weighted by atomic mass is 32.2. The number of β-lactam (4-membered cyclic amide) rings is 1. The number of hydrogen-bond acceptors (Lipinski definition) is 9. The second-order valence-electron chi connectivity index (χ2n) is 7.98. The van der Waals surface area contributed by atoms with Gasteiger partial charge in [0.1, 0.15) is 17.3 Å². The summed E-state index contributed by atoms with van der Waals surface area (Å²) >= 11 is 2.88. The van der Waals surface area contributed by atoms with Crippen LogP contribution in [-0.4, -0.2) is 62.0 Å². The van der Waals surface area contributed by atoms with E-state index >= 15 is 0 Å². The molecule has 168 valence electrons. The van der Waals surface area contributed by atoms with E-state index in [4.69, 9.17) is 10.5 Å². The van der Waals surface area contributed by atoms with Crippen LogP contribution in [0.3, 0.4) is 0 Å². The first-order chi connectivity index (χ1) is 14.7. The van der Waals surface area contributed by atoms with Crippen LogP contribution in [0, 0.1) is 11.8 Å². The molecular weight excluding hydrogens is 444 g/mol. The fraction of sp³-hybridized carbons (Fsp3) is 0.579. The predicted octanol–water partition coefficient (Wildman–Crippen LogP) is 1.03. The van der Waals surface area contributed by atoms with E-state index in [2.05, 4.69) is 10.3 Å². The van der Waals surface area contributed by atoms with Gasteiger partial charge in [-0.2, -0.15) is 0 Å². The summed E-state index contributed by atoms with van der Waals surface area (Å²) in [5.41, 5.74) is 5.87. The number of fused-ring (bicyclic) bond motifs is 1. The SMILES string of the molecule is C[C@@H](O)[C@H]1C(=O)N2C(C(=O)O)=C(S[C@@H]3CN[C@H](c4csc(COC(N)=O)n4)C3)[C@H](C)[C@H]12. The zero-order valence-corrected chi connectivity index (χ0v) is 18.6. The molecule has 4 heterocycles. The zero-order chi connectivity index (χ0) is 22.4. The highest BCUT2D eigenvalue weighted by Gasteiger charge is 2.60. The third-order valence-corrected chi connectivity index (χ3v) is 8.31. The highest BCUT2D eigenvalue weighted by molar-refractivity contribution is 8.03. The number of nitrogens with zero attached hydrogens (tertiary/aromatic N) is 2. The number of aromatic nitrogens is 1. The first-order valence-electron chi connectivity index (χ1n) is 9.94. The summed E-state index contributed by atoms with van der Waals surface area (Å²) in [6, 6.07) is -0.303. The second kappa shape index (κ2) is 8.41. The molecule has 12 heteroatoms. The smallest absolute Gasteiger partial charge is 0.404 e. The summed E-state index contributed by atoms with van der Waals surface area (Å²) in [6.45, 7) is 4.19. The lowest BCUT2D eigenvalue weighted by molar-refractivity contribution is -0.163. The van der Waals surface area contributed by atoms with E-state index in [1.165, 1.54) is 28.0 Å². The van der Waals surface area contributed by atoms with Gasteiger partial charge in [0.05, 0.1) is 29.8 Å². The van der Waals surface area contributed by atoms with Gasteiger partial charge in [-0.1, -0.05) is 6.92 Å². The van der Waals surface area contributed by atoms with E-state index in [9.17, 15) is 24.6 Å². The van der Waals surface area contributed by atoms with Gasteiger partial charge in [-0.05, 0) is 13.3 Å². The Morgan fingerprint density at radius 2 is 2.26 bits per heavy atom. The number of carbonyl (C=O) groups is 3. The number of primary amides is 1. The molecule has 3 aliphatic rings. The summed E-state index contributed by atoms with van der Waals surface area (Å²) < 4.78 is 4.77. The van der Waals surface area contributed by atoms with Gasteiger partial charge in [0, 0.05) is 28.0 Å². The normalized spacial score (nSPS) is 30.9. The number of carboxylic acid groups (broad SMARTS) is 1. The van der Waals surface area contributed by atoms with Crippen molar-refractivity contribution in [3.05, 3.63) is 26.7 Å². The number of nitrogens with two attached hydrogens (primary N) is 1. The summed E-state index contributed by atoms with van der Waals surface area (Å²) in [5.74, 6) is -2.15. The van der Waals surface area contributed by atoms with E-state index in [0.29, 0.717) is 16.5 Å². The van der Waals surface area contributed by atoms with Gasteiger partial charge in [0.2, 0.25) is 5.91 Å². The van der Waals surface area contributed by atoms with Crippen molar-refractivity contribution in [3.8, 4) is 0 Å². The number of hydrogen-bond donors (Lipinski definition) is 4. The molecule has 3 aliphatic heterocycles. The lowest BCUT2D eigenvalue weighted by Gasteiger charge is -2.46. The Kier molecular flexibility index (Phi) is 5.99. The maximum Gasteiger partial charge on any atom is 0.404 e. The van der Waals surface area contributed by atoms with Crippen molar-refractivity contribution in [3.63, 3.8) is 0 Å². The number of carboxylic acids is 1. The number of rotatable bonds is 7. The molecule has 2 fully saturated rings. The molecule has 0 unspecified atom stereocenters. The lowest BCUT2D eigenvalue weighted by Crippen LogP contribution is -2.63. The maximum absolute atomic E-state index is 12.5. The van der Waals surface area contributed by atoms with Crippen LogP contribution in [0.25, 0.3) is 0 Å². The summed E-state index contributed by atoms with van der Waals surface area (Å²) in [5, 5.41) is 25.8. The molecule has 10 nitrogen and oxygen atoms in total. The number of aliphatic carboxylic acids is 1. The predicted molar refractivity (Wildman–Crippen MR) is 113 cm³/mol. The molecule has 0 saturated carbocycles. The first-order valence-corrected chi connectivity index (χ1v) is 11.7. The van der Waals surface area contributed by atoms with Gasteiger partial charge in [-0.3, -0.25) is 4.79 Å². The Labute approximate surface area is 186 Å². The molecule has 5 N–H and O–H groups in total. The fourth-order valence-electron chi connectivity index (χ4n) is 4.56. The molecule has 2 amide bonds. The van der Waals surface area contributed by atoms with Gasteiger partial charge in [0.15, 0.2) is 0 Å². The molecule has 2 saturated heterocycles. The molecule has 0 spiro atoms. The van der Waals surface area contributed by atoms with Gasteiger partial charge in [0.25, 0.3) is 0 Å². The van der Waals surface area contributed by atoms with Crippen LogP contribution < -0.4 is 11.1 Å². The molecular formula is C19H24N4O6S2. The number of nitrogens with one attached hydrogen (secondary N) is 1. The lowest BCUT2D eigenvalue weighted by atomic mass is 9.79. The Bertz CT molecular complexity index is 948. The van der Waals surface area contributed by atoms with E-state index < -0.39 is 24.1 Å². The number of ether oxygens (including phenoxy) is 1. The van der Waals surface area contributed by atoms with E-state index in [0.717, 1.165) is 12.1 Å². The average molecular weight is 469 g/mol. The van der Waals surface area contributed by atoms with Crippen LogP contribution in [-0.2, 0) is 20.9 Å². The number of carbonyl (C=O) groups excluding carboxylic acids is 2. The molecule has 0 radical (unpaired) electrons. The summed E-state index contributed by atoms with van der Waals surface area (Å²) in [6.07, 6.45) is -0.918. The maximum atomic E-state index is 12.5. The van der Waals surface area contributed by atoms with Gasteiger partial charge in [-0.15, -0.1) is 23.1 Å². The highest BCUT2D eigenvalue weighted by Crippen LogP contribution is 2.52. The Morgan fingerprint density at radius 1 is 1.52 bits per heavy atom. The van der Waals surface area contributed by atoms with Crippen LogP contribution in [0.1, 0.15) is 37.0 Å². The summed E-state index contributed by atoms with van der Waals surface area (Å²) in [4.78, 5) is 41.7. The molecule has 31 heavy (non-hydrogen) atoms. The van der Waals surface area contributed by atoms with Gasteiger partial charge in [-0.25, -0.2) is 14.6 Å². The summed E-state index contributed by atoms with van der Waals surface area (Å²) in [7, 11) is 0. The quantitative estimate of drug-likeness (QED) is 0.429. The minimum atomic E-state index is -1.12. The van der Waals surface area contributed by atoms with Crippen molar-refractivity contribution in [1.29, 1.82) is 0 Å². The molecule has 0 aliphatic carbocycles. The van der Waals surface area contributed by atoms with Crippen molar-refractivity contribution in [2.45, 2.75) is 50.3 Å². The standard InChI is InChI=1S/C19H24N4O6S2/c1-7-14-13(8(2)24)17(25)23(14)15(18(26)27)16(7)31-9-3-10(21-4-9)11-6-30-12(22-11)5-29-19(20)28/h6-10,13-14,21,24H,3-5H2,1-2H3,(H2,20,28)(H,26,27)/t7-,8-,9+,10+,13-,14-/m1/s1. The molecule has 0 aromatic carbocycles. The molecule has 0 bridgehead atoms. The number of thioether (sulfide) groups is 1. The Balaban J connectivity index is 1.44. The number of thiazole rings is 1. The van der Waals surface area contributed by atoms with Crippen molar-refractivity contribution in [1.82, 2.24) is 15.2 Å². The van der Waals surface area contributed by atoms with Crippen molar-refractivity contribution in [2.24, 2.45) is 17.6 Å². The second-order valence-corrected chi connectivity index (χ2v) is 10.3. The number of amides is 2. The third kappa shape index (κ3) is 3.93. The Morgan fingerprint density at radius 3 is 2.90 bits per heavy atom. The fourth-order valence-corrected chi connectivity index (χ4v) is 6.80. The van der Waals surface area contributed by atoms with Gasteiger partial charge >= 0.3 is 12.1 Å². The van der Waals surface area contributed by atoms with E-state index in [1.54, 1.807) is 6.92 Å². The average Bonchev–Trinajstić information content (AvgIpc) is 3.38. The zero-order valence-electron chi connectivity index (χ0n) is 17.0. The first kappa shape index (κ1) is 22.1.